The molecule has 78 valence electrons. The van der Waals surface area contributed by atoms with E-state index in [2.05, 4.69) is 0 Å². The number of hydrogen-bond donors (Lipinski definition) is 1. The van der Waals surface area contributed by atoms with Crippen LogP contribution in [0.1, 0.15) is 6.92 Å². The summed E-state index contributed by atoms with van der Waals surface area (Å²) >= 11 is 0. The molecule has 0 aromatic heterocycles. The minimum absolute atomic E-state index is 0.0416. The Balaban J connectivity index is 2.76. The maximum absolute atomic E-state index is 9.78. The van der Waals surface area contributed by atoms with Gasteiger partial charge in [-0.25, -0.2) is 0 Å². The van der Waals surface area contributed by atoms with E-state index >= 15 is 0 Å². The van der Waals surface area contributed by atoms with Gasteiger partial charge in [0.05, 0.1) is 12.2 Å². The van der Waals surface area contributed by atoms with Gasteiger partial charge in [0.15, 0.2) is 0 Å². The third-order valence-electron chi connectivity index (χ3n) is 2.86. The van der Waals surface area contributed by atoms with Crippen molar-refractivity contribution in [2.75, 3.05) is 21.3 Å². The van der Waals surface area contributed by atoms with E-state index < -0.39 is 6.10 Å². The molecule has 1 aliphatic carbocycles. The molecule has 0 aliphatic heterocycles. The lowest BCUT2D eigenvalue weighted by molar-refractivity contribution is -0.0884. The zero-order valence-corrected chi connectivity index (χ0v) is 8.56. The van der Waals surface area contributed by atoms with Crippen LogP contribution in [0, 0.1) is 5.92 Å². The first-order valence-electron chi connectivity index (χ1n) is 4.43. The molecular weight excluding hydrogens is 172 g/mol. The second-order valence-corrected chi connectivity index (χ2v) is 3.45. The highest BCUT2D eigenvalue weighted by Gasteiger charge is 2.48. The molecule has 0 bridgehead atoms. The first-order valence-corrected chi connectivity index (χ1v) is 4.43. The van der Waals surface area contributed by atoms with E-state index in [1.165, 1.54) is 0 Å². The predicted octanol–water partition coefficient (Wildman–Crippen LogP) is 0.0420. The van der Waals surface area contributed by atoms with Crippen LogP contribution in [0.3, 0.4) is 0 Å². The van der Waals surface area contributed by atoms with Crippen LogP contribution >= 0.6 is 0 Å². The Bertz CT molecular complexity index is 146. The van der Waals surface area contributed by atoms with Crippen LogP contribution < -0.4 is 0 Å². The molecule has 4 heteroatoms. The van der Waals surface area contributed by atoms with Crippen molar-refractivity contribution in [3.8, 4) is 0 Å². The monoisotopic (exact) mass is 190 g/mol. The van der Waals surface area contributed by atoms with E-state index in [0.29, 0.717) is 0 Å². The van der Waals surface area contributed by atoms with Crippen molar-refractivity contribution < 1.29 is 19.3 Å². The van der Waals surface area contributed by atoms with Crippen LogP contribution in [0.25, 0.3) is 0 Å². The predicted molar refractivity (Wildman–Crippen MR) is 47.6 cm³/mol. The topological polar surface area (TPSA) is 47.9 Å². The normalized spacial score (nSPS) is 45.5. The summed E-state index contributed by atoms with van der Waals surface area (Å²) < 4.78 is 15.7. The van der Waals surface area contributed by atoms with Gasteiger partial charge in [-0.3, -0.25) is 0 Å². The summed E-state index contributed by atoms with van der Waals surface area (Å²) in [6.45, 7) is 1.93. The molecule has 1 saturated carbocycles. The smallest absolute Gasteiger partial charge is 0.112 e. The average molecular weight is 190 g/mol. The molecule has 0 aromatic rings. The third-order valence-corrected chi connectivity index (χ3v) is 2.86. The molecule has 0 spiro atoms. The Morgan fingerprint density at radius 1 is 0.846 bits per heavy atom. The van der Waals surface area contributed by atoms with Gasteiger partial charge in [0, 0.05) is 27.2 Å². The van der Waals surface area contributed by atoms with Crippen molar-refractivity contribution in [2.24, 2.45) is 5.92 Å². The number of methoxy groups -OCH3 is 3. The molecule has 0 heterocycles. The zero-order chi connectivity index (χ0) is 10.0. The third kappa shape index (κ3) is 1.72. The molecular formula is C9H18O4. The van der Waals surface area contributed by atoms with Gasteiger partial charge in [-0.15, -0.1) is 0 Å². The van der Waals surface area contributed by atoms with Crippen LogP contribution in [0.15, 0.2) is 0 Å². The van der Waals surface area contributed by atoms with Gasteiger partial charge in [0.1, 0.15) is 12.2 Å². The lowest BCUT2D eigenvalue weighted by atomic mass is 10.1. The van der Waals surface area contributed by atoms with E-state index in [0.717, 1.165) is 0 Å². The van der Waals surface area contributed by atoms with E-state index in [9.17, 15) is 5.11 Å². The Morgan fingerprint density at radius 2 is 1.31 bits per heavy atom. The van der Waals surface area contributed by atoms with Crippen LogP contribution in [-0.4, -0.2) is 50.9 Å². The standard InChI is InChI=1S/C9H18O4/c1-5-6(10)8(12-3)9(13-4)7(5)11-2/h5-10H,1-4H3. The molecule has 4 nitrogen and oxygen atoms in total. The van der Waals surface area contributed by atoms with Crippen LogP contribution in [0.4, 0.5) is 0 Å². The molecule has 1 fully saturated rings. The first-order chi connectivity index (χ1) is 6.17. The van der Waals surface area contributed by atoms with Crippen molar-refractivity contribution in [3.05, 3.63) is 0 Å². The number of hydrogen-bond acceptors (Lipinski definition) is 4. The number of aliphatic hydroxyl groups is 1. The molecule has 5 unspecified atom stereocenters. The fourth-order valence-electron chi connectivity index (χ4n) is 2.06. The van der Waals surface area contributed by atoms with E-state index in [4.69, 9.17) is 14.2 Å². The van der Waals surface area contributed by atoms with Gasteiger partial charge >= 0.3 is 0 Å². The van der Waals surface area contributed by atoms with Crippen LogP contribution in [0.2, 0.25) is 0 Å². The zero-order valence-electron chi connectivity index (χ0n) is 8.56. The van der Waals surface area contributed by atoms with Crippen LogP contribution in [-0.2, 0) is 14.2 Å². The molecule has 1 aliphatic rings. The van der Waals surface area contributed by atoms with E-state index in [-0.39, 0.29) is 24.2 Å². The number of ether oxygens (including phenoxy) is 3. The van der Waals surface area contributed by atoms with Crippen LogP contribution in [0.5, 0.6) is 0 Å². The van der Waals surface area contributed by atoms with Crippen molar-refractivity contribution in [2.45, 2.75) is 31.3 Å². The molecule has 13 heavy (non-hydrogen) atoms. The largest absolute Gasteiger partial charge is 0.390 e. The Morgan fingerprint density at radius 3 is 1.69 bits per heavy atom. The molecule has 5 atom stereocenters. The number of aliphatic hydroxyl groups excluding tert-OH is 1. The van der Waals surface area contributed by atoms with Gasteiger partial charge in [-0.1, -0.05) is 6.92 Å². The summed E-state index contributed by atoms with van der Waals surface area (Å²) in [6.07, 6.45) is -1.07. The van der Waals surface area contributed by atoms with Crippen molar-refractivity contribution in [1.29, 1.82) is 0 Å². The lowest BCUT2D eigenvalue weighted by Crippen LogP contribution is -2.36. The lowest BCUT2D eigenvalue weighted by Gasteiger charge is -2.22. The van der Waals surface area contributed by atoms with E-state index in [1.807, 2.05) is 6.92 Å². The average Bonchev–Trinajstić information content (AvgIpc) is 2.38. The summed E-state index contributed by atoms with van der Waals surface area (Å²) in [6, 6.07) is 0. The minimum Gasteiger partial charge on any atom is -0.390 e. The second-order valence-electron chi connectivity index (χ2n) is 3.45. The fraction of sp³-hybridized carbons (Fsp3) is 1.00. The van der Waals surface area contributed by atoms with Gasteiger partial charge < -0.3 is 19.3 Å². The van der Waals surface area contributed by atoms with Crippen molar-refractivity contribution in [3.63, 3.8) is 0 Å². The van der Waals surface area contributed by atoms with Crippen molar-refractivity contribution >= 4 is 0 Å². The summed E-state index contributed by atoms with van der Waals surface area (Å²) in [5, 5.41) is 9.78. The maximum Gasteiger partial charge on any atom is 0.112 e. The summed E-state index contributed by atoms with van der Waals surface area (Å²) in [5.41, 5.74) is 0. The highest BCUT2D eigenvalue weighted by Crippen LogP contribution is 2.32. The highest BCUT2D eigenvalue weighted by atomic mass is 16.6. The van der Waals surface area contributed by atoms with E-state index in [1.54, 1.807) is 21.3 Å². The van der Waals surface area contributed by atoms with Gasteiger partial charge in [0.2, 0.25) is 0 Å². The highest BCUT2D eigenvalue weighted by molar-refractivity contribution is 4.98. The van der Waals surface area contributed by atoms with Gasteiger partial charge in [-0.05, 0) is 0 Å². The number of rotatable bonds is 3. The van der Waals surface area contributed by atoms with Gasteiger partial charge in [-0.2, -0.15) is 0 Å². The Kier molecular flexibility index (Phi) is 3.67. The Hall–Kier alpha value is -0.160. The Labute approximate surface area is 78.8 Å². The maximum atomic E-state index is 9.78. The summed E-state index contributed by atoms with van der Waals surface area (Å²) in [4.78, 5) is 0. The van der Waals surface area contributed by atoms with Gasteiger partial charge in [0.25, 0.3) is 0 Å². The minimum atomic E-state index is -0.514. The molecule has 1 rings (SSSR count). The first kappa shape index (κ1) is 10.9. The molecule has 0 saturated heterocycles. The second kappa shape index (κ2) is 4.37. The molecule has 0 radical (unpaired) electrons. The SMILES string of the molecule is COC1C(C)C(O)C(OC)C1OC. The quantitative estimate of drug-likeness (QED) is 0.682. The van der Waals surface area contributed by atoms with Crippen molar-refractivity contribution in [1.82, 2.24) is 0 Å². The molecule has 0 aromatic carbocycles. The molecule has 0 amide bonds. The summed E-state index contributed by atoms with van der Waals surface area (Å²) in [7, 11) is 4.80. The molecule has 1 N–H and O–H groups in total. The fourth-order valence-corrected chi connectivity index (χ4v) is 2.06. The summed E-state index contributed by atoms with van der Waals surface area (Å²) in [5.74, 6) is 0.0416.